The molecular formula is C19H26N4OS2. The third-order valence-electron chi connectivity index (χ3n) is 4.37. The lowest BCUT2D eigenvalue weighted by Crippen LogP contribution is -2.30. The van der Waals surface area contributed by atoms with Crippen molar-refractivity contribution in [2.75, 3.05) is 23.7 Å². The summed E-state index contributed by atoms with van der Waals surface area (Å²) < 4.78 is 0. The van der Waals surface area contributed by atoms with E-state index < -0.39 is 0 Å². The number of carbonyl (C=O) groups excluding carboxylic acids is 1. The molecule has 0 bridgehead atoms. The Kier molecular flexibility index (Phi) is 7.32. The molecule has 26 heavy (non-hydrogen) atoms. The fraction of sp³-hybridized carbons (Fsp3) is 0.526. The van der Waals surface area contributed by atoms with Gasteiger partial charge >= 0.3 is 0 Å². The van der Waals surface area contributed by atoms with Crippen molar-refractivity contribution in [3.8, 4) is 0 Å². The van der Waals surface area contributed by atoms with Gasteiger partial charge in [-0.1, -0.05) is 6.07 Å². The summed E-state index contributed by atoms with van der Waals surface area (Å²) in [7, 11) is 0. The first-order valence-electron chi connectivity index (χ1n) is 9.16. The number of amides is 1. The van der Waals surface area contributed by atoms with Gasteiger partial charge in [-0.25, -0.2) is 9.97 Å². The van der Waals surface area contributed by atoms with Crippen LogP contribution in [0, 0.1) is 6.92 Å². The molecule has 0 aliphatic carbocycles. The van der Waals surface area contributed by atoms with E-state index in [1.807, 2.05) is 13.1 Å². The topological polar surface area (TPSA) is 58.1 Å². The first-order valence-corrected chi connectivity index (χ1v) is 11.2. The molecule has 2 aromatic rings. The Morgan fingerprint density at radius 1 is 1.31 bits per heavy atom. The van der Waals surface area contributed by atoms with Crippen molar-refractivity contribution < 1.29 is 4.79 Å². The maximum absolute atomic E-state index is 12.0. The third kappa shape index (κ3) is 5.99. The van der Waals surface area contributed by atoms with Crippen LogP contribution in [0.3, 0.4) is 0 Å². The van der Waals surface area contributed by atoms with Crippen molar-refractivity contribution in [1.29, 1.82) is 0 Å². The van der Waals surface area contributed by atoms with E-state index in [4.69, 9.17) is 0 Å². The zero-order valence-electron chi connectivity index (χ0n) is 15.2. The lowest BCUT2D eigenvalue weighted by Gasteiger charge is -2.27. The molecule has 1 fully saturated rings. The number of pyridine rings is 1. The minimum Gasteiger partial charge on any atom is -0.357 e. The van der Waals surface area contributed by atoms with Gasteiger partial charge in [0.2, 0.25) is 5.91 Å². The number of piperidine rings is 1. The minimum absolute atomic E-state index is 0.0899. The molecular weight excluding hydrogens is 364 g/mol. The Labute approximate surface area is 163 Å². The van der Waals surface area contributed by atoms with Gasteiger partial charge in [-0.3, -0.25) is 4.79 Å². The van der Waals surface area contributed by atoms with Gasteiger partial charge in [-0.05, 0) is 37.8 Å². The Bertz CT molecular complexity index is 696. The normalized spacial score (nSPS) is 14.4. The van der Waals surface area contributed by atoms with Crippen molar-refractivity contribution in [2.24, 2.45) is 0 Å². The van der Waals surface area contributed by atoms with Crippen LogP contribution in [0.1, 0.15) is 41.9 Å². The number of thioether (sulfide) groups is 1. The number of carbonyl (C=O) groups is 1. The molecule has 0 radical (unpaired) electrons. The van der Waals surface area contributed by atoms with Gasteiger partial charge in [0.1, 0.15) is 5.82 Å². The average Bonchev–Trinajstić information content (AvgIpc) is 3.10. The van der Waals surface area contributed by atoms with Crippen LogP contribution in [-0.4, -0.2) is 34.7 Å². The second-order valence-corrected chi connectivity index (χ2v) is 8.68. The molecule has 0 aromatic carbocycles. The van der Waals surface area contributed by atoms with Crippen LogP contribution in [0.15, 0.2) is 23.7 Å². The molecule has 3 heterocycles. The van der Waals surface area contributed by atoms with Gasteiger partial charge in [0.05, 0.1) is 10.7 Å². The number of anilines is 1. The monoisotopic (exact) mass is 390 g/mol. The van der Waals surface area contributed by atoms with Crippen molar-refractivity contribution in [3.05, 3.63) is 40.0 Å². The highest BCUT2D eigenvalue weighted by atomic mass is 32.2. The fourth-order valence-corrected chi connectivity index (χ4v) is 4.49. The summed E-state index contributed by atoms with van der Waals surface area (Å²) in [5.41, 5.74) is 2.16. The first kappa shape index (κ1) is 19.2. The molecule has 2 aromatic heterocycles. The van der Waals surface area contributed by atoms with E-state index in [-0.39, 0.29) is 5.91 Å². The van der Waals surface area contributed by atoms with Gasteiger partial charge < -0.3 is 10.2 Å². The number of hydrogen-bond acceptors (Lipinski definition) is 6. The highest BCUT2D eigenvalue weighted by Gasteiger charge is 2.11. The Morgan fingerprint density at radius 2 is 2.15 bits per heavy atom. The van der Waals surface area contributed by atoms with Crippen molar-refractivity contribution >= 4 is 34.8 Å². The number of aryl methyl sites for hydroxylation is 1. The predicted octanol–water partition coefficient (Wildman–Crippen LogP) is 3.78. The molecule has 1 saturated heterocycles. The predicted molar refractivity (Wildman–Crippen MR) is 110 cm³/mol. The second kappa shape index (κ2) is 9.92. The molecule has 0 unspecified atom stereocenters. The molecule has 140 valence electrons. The van der Waals surface area contributed by atoms with Crippen LogP contribution >= 0.6 is 23.1 Å². The van der Waals surface area contributed by atoms with Gasteiger partial charge in [0.25, 0.3) is 0 Å². The van der Waals surface area contributed by atoms with Crippen molar-refractivity contribution in [2.45, 2.75) is 44.9 Å². The SMILES string of the molecule is Cc1nc(CSCCC(=O)NCc2ccc(N3CCCCC3)nc2)cs1. The van der Waals surface area contributed by atoms with Gasteiger partial charge in [0, 0.05) is 49.1 Å². The molecule has 1 aliphatic rings. The van der Waals surface area contributed by atoms with E-state index in [0.29, 0.717) is 13.0 Å². The molecule has 1 aliphatic heterocycles. The standard InChI is InChI=1S/C19H26N4OS2/c1-15-22-17(14-26-15)13-25-10-7-19(24)21-12-16-5-6-18(20-11-16)23-8-3-2-4-9-23/h5-6,11,14H,2-4,7-10,12-13H2,1H3,(H,21,24). The number of aromatic nitrogens is 2. The maximum atomic E-state index is 12.0. The van der Waals surface area contributed by atoms with Crippen LogP contribution in [0.2, 0.25) is 0 Å². The number of rotatable bonds is 8. The summed E-state index contributed by atoms with van der Waals surface area (Å²) >= 11 is 3.42. The van der Waals surface area contributed by atoms with E-state index >= 15 is 0 Å². The Hall–Kier alpha value is -1.60. The molecule has 3 rings (SSSR count). The summed E-state index contributed by atoms with van der Waals surface area (Å²) in [6.45, 7) is 4.75. The first-order chi connectivity index (χ1) is 12.7. The lowest BCUT2D eigenvalue weighted by molar-refractivity contribution is -0.120. The Balaban J connectivity index is 1.33. The van der Waals surface area contributed by atoms with Crippen LogP contribution in [0.5, 0.6) is 0 Å². The van der Waals surface area contributed by atoms with Crippen LogP contribution in [0.25, 0.3) is 0 Å². The number of nitrogens with zero attached hydrogens (tertiary/aromatic N) is 3. The molecule has 0 atom stereocenters. The zero-order valence-corrected chi connectivity index (χ0v) is 16.9. The van der Waals surface area contributed by atoms with E-state index in [2.05, 4.69) is 37.7 Å². The molecule has 1 amide bonds. The quantitative estimate of drug-likeness (QED) is 0.695. The summed E-state index contributed by atoms with van der Waals surface area (Å²) in [5, 5.41) is 6.16. The Morgan fingerprint density at radius 3 is 2.85 bits per heavy atom. The van der Waals surface area contributed by atoms with E-state index in [1.165, 1.54) is 19.3 Å². The van der Waals surface area contributed by atoms with Gasteiger partial charge in [-0.2, -0.15) is 11.8 Å². The molecule has 5 nitrogen and oxygen atoms in total. The number of thiazole rings is 1. The van der Waals surface area contributed by atoms with Crippen LogP contribution < -0.4 is 10.2 Å². The number of nitrogens with one attached hydrogen (secondary N) is 1. The lowest BCUT2D eigenvalue weighted by atomic mass is 10.1. The zero-order chi connectivity index (χ0) is 18.2. The molecule has 0 spiro atoms. The maximum Gasteiger partial charge on any atom is 0.221 e. The summed E-state index contributed by atoms with van der Waals surface area (Å²) in [6, 6.07) is 4.13. The molecule has 0 saturated carbocycles. The van der Waals surface area contributed by atoms with E-state index in [9.17, 15) is 4.79 Å². The number of hydrogen-bond donors (Lipinski definition) is 1. The third-order valence-corrected chi connectivity index (χ3v) is 6.18. The highest BCUT2D eigenvalue weighted by molar-refractivity contribution is 7.98. The van der Waals surface area contributed by atoms with Gasteiger partial charge in [-0.15, -0.1) is 11.3 Å². The van der Waals surface area contributed by atoms with Crippen molar-refractivity contribution in [3.63, 3.8) is 0 Å². The summed E-state index contributed by atoms with van der Waals surface area (Å²) in [6.07, 6.45) is 6.23. The summed E-state index contributed by atoms with van der Waals surface area (Å²) in [5.74, 6) is 2.83. The average molecular weight is 391 g/mol. The summed E-state index contributed by atoms with van der Waals surface area (Å²) in [4.78, 5) is 23.3. The van der Waals surface area contributed by atoms with E-state index in [1.54, 1.807) is 23.1 Å². The molecule has 1 N–H and O–H groups in total. The van der Waals surface area contributed by atoms with Crippen molar-refractivity contribution in [1.82, 2.24) is 15.3 Å². The van der Waals surface area contributed by atoms with Crippen LogP contribution in [0.4, 0.5) is 5.82 Å². The largest absolute Gasteiger partial charge is 0.357 e. The van der Waals surface area contributed by atoms with Crippen LogP contribution in [-0.2, 0) is 17.1 Å². The highest BCUT2D eigenvalue weighted by Crippen LogP contribution is 2.18. The van der Waals surface area contributed by atoms with E-state index in [0.717, 1.165) is 46.7 Å². The smallest absolute Gasteiger partial charge is 0.221 e. The minimum atomic E-state index is 0.0899. The fourth-order valence-electron chi connectivity index (χ4n) is 2.94. The van der Waals surface area contributed by atoms with Gasteiger partial charge in [0.15, 0.2) is 0 Å². The molecule has 7 heteroatoms. The second-order valence-electron chi connectivity index (χ2n) is 6.51.